The Labute approximate surface area is 170 Å². The van der Waals surface area contributed by atoms with Gasteiger partial charge in [-0.15, -0.1) is 0 Å². The monoisotopic (exact) mass is 385 g/mol. The number of para-hydroxylation sites is 2. The number of nitrogens with zero attached hydrogens (tertiary/aromatic N) is 2. The summed E-state index contributed by atoms with van der Waals surface area (Å²) in [5.41, 5.74) is 5.14. The molecule has 1 unspecified atom stereocenters. The average molecular weight is 385 g/mol. The molecule has 29 heavy (non-hydrogen) atoms. The molecule has 146 valence electrons. The van der Waals surface area contributed by atoms with Crippen molar-refractivity contribution in [2.75, 3.05) is 7.11 Å². The van der Waals surface area contributed by atoms with E-state index in [-0.39, 0.29) is 5.91 Å². The zero-order chi connectivity index (χ0) is 20.1. The van der Waals surface area contributed by atoms with Crippen LogP contribution in [0.15, 0.2) is 85.2 Å². The zero-order valence-electron chi connectivity index (χ0n) is 16.3. The first kappa shape index (κ1) is 18.9. The molecule has 0 aliphatic heterocycles. The lowest BCUT2D eigenvalue weighted by Gasteiger charge is -2.16. The number of rotatable bonds is 7. The Balaban J connectivity index is 1.43. The van der Waals surface area contributed by atoms with Crippen LogP contribution in [0.5, 0.6) is 0 Å². The Morgan fingerprint density at radius 1 is 1.00 bits per heavy atom. The van der Waals surface area contributed by atoms with Crippen molar-refractivity contribution in [3.8, 4) is 0 Å². The van der Waals surface area contributed by atoms with Crippen molar-refractivity contribution in [3.63, 3.8) is 0 Å². The van der Waals surface area contributed by atoms with Gasteiger partial charge in [0.15, 0.2) is 6.10 Å². The first-order chi connectivity index (χ1) is 14.2. The number of amides is 1. The Bertz CT molecular complexity index is 1110. The van der Waals surface area contributed by atoms with E-state index < -0.39 is 6.10 Å². The fourth-order valence-corrected chi connectivity index (χ4v) is 3.48. The summed E-state index contributed by atoms with van der Waals surface area (Å²) in [6.45, 7) is 1.18. The smallest absolute Gasteiger partial charge is 0.254 e. The van der Waals surface area contributed by atoms with Crippen LogP contribution in [0.25, 0.3) is 11.0 Å². The third-order valence-corrected chi connectivity index (χ3v) is 4.91. The molecule has 4 rings (SSSR count). The molecule has 0 aliphatic rings. The highest BCUT2D eigenvalue weighted by Crippen LogP contribution is 2.17. The van der Waals surface area contributed by atoms with Crippen LogP contribution in [0.2, 0.25) is 0 Å². The summed E-state index contributed by atoms with van der Waals surface area (Å²) in [6.07, 6.45) is 1.25. The molecule has 0 spiro atoms. The highest BCUT2D eigenvalue weighted by atomic mass is 16.5. The first-order valence-corrected chi connectivity index (χ1v) is 9.58. The standard InChI is InChI=1S/C24H23N3O2/c1-29-23(20-10-3-2-4-11-20)24(28)25-15-18-8-7-9-19(14-18)16-27-17-26-21-12-5-6-13-22(21)27/h2-14,17,23H,15-16H2,1H3,(H,25,28). The normalized spacial score (nSPS) is 12.0. The Morgan fingerprint density at radius 2 is 1.76 bits per heavy atom. The van der Waals surface area contributed by atoms with Gasteiger partial charge >= 0.3 is 0 Å². The van der Waals surface area contributed by atoms with E-state index in [9.17, 15) is 4.79 Å². The number of hydrogen-bond donors (Lipinski definition) is 1. The number of methoxy groups -OCH3 is 1. The second-order valence-electron chi connectivity index (χ2n) is 6.93. The highest BCUT2D eigenvalue weighted by molar-refractivity contribution is 5.82. The Hall–Kier alpha value is -3.44. The topological polar surface area (TPSA) is 56.1 Å². The lowest BCUT2D eigenvalue weighted by Crippen LogP contribution is -2.30. The molecule has 5 nitrogen and oxygen atoms in total. The lowest BCUT2D eigenvalue weighted by atomic mass is 10.1. The molecular formula is C24H23N3O2. The van der Waals surface area contributed by atoms with E-state index in [0.717, 1.165) is 34.3 Å². The van der Waals surface area contributed by atoms with Crippen molar-refractivity contribution < 1.29 is 9.53 Å². The van der Waals surface area contributed by atoms with Gasteiger partial charge in [0.25, 0.3) is 5.91 Å². The molecule has 0 bridgehead atoms. The van der Waals surface area contributed by atoms with E-state index in [1.165, 1.54) is 0 Å². The van der Waals surface area contributed by atoms with Crippen molar-refractivity contribution in [2.45, 2.75) is 19.2 Å². The SMILES string of the molecule is COC(C(=O)NCc1cccc(Cn2cnc3ccccc32)c1)c1ccccc1. The molecule has 1 amide bonds. The van der Waals surface area contributed by atoms with Gasteiger partial charge in [-0.05, 0) is 28.8 Å². The number of carbonyl (C=O) groups is 1. The maximum absolute atomic E-state index is 12.6. The molecule has 0 fully saturated rings. The lowest BCUT2D eigenvalue weighted by molar-refractivity contribution is -0.131. The molecule has 0 saturated heterocycles. The van der Waals surface area contributed by atoms with Crippen molar-refractivity contribution in [3.05, 3.63) is 102 Å². The molecule has 0 saturated carbocycles. The van der Waals surface area contributed by atoms with Crippen molar-refractivity contribution in [2.24, 2.45) is 0 Å². The highest BCUT2D eigenvalue weighted by Gasteiger charge is 2.19. The van der Waals surface area contributed by atoms with Crippen LogP contribution >= 0.6 is 0 Å². The minimum Gasteiger partial charge on any atom is -0.367 e. The molecule has 0 radical (unpaired) electrons. The molecule has 3 aromatic carbocycles. The number of hydrogen-bond acceptors (Lipinski definition) is 3. The first-order valence-electron chi connectivity index (χ1n) is 9.58. The fourth-order valence-electron chi connectivity index (χ4n) is 3.48. The summed E-state index contributed by atoms with van der Waals surface area (Å²) in [4.78, 5) is 17.0. The van der Waals surface area contributed by atoms with Crippen molar-refractivity contribution in [1.82, 2.24) is 14.9 Å². The maximum Gasteiger partial charge on any atom is 0.254 e. The predicted octanol–water partition coefficient (Wildman–Crippen LogP) is 4.09. The van der Waals surface area contributed by atoms with Crippen molar-refractivity contribution >= 4 is 16.9 Å². The minimum atomic E-state index is -0.614. The molecule has 1 atom stereocenters. The van der Waals surface area contributed by atoms with Gasteiger partial charge in [0, 0.05) is 20.2 Å². The fraction of sp³-hybridized carbons (Fsp3) is 0.167. The second kappa shape index (κ2) is 8.71. The molecule has 1 aromatic heterocycles. The van der Waals surface area contributed by atoms with Crippen LogP contribution in [0, 0.1) is 0 Å². The number of fused-ring (bicyclic) bond motifs is 1. The van der Waals surface area contributed by atoms with Gasteiger partial charge in [0.2, 0.25) is 0 Å². The number of ether oxygens (including phenoxy) is 1. The van der Waals surface area contributed by atoms with E-state index in [1.54, 1.807) is 7.11 Å². The summed E-state index contributed by atoms with van der Waals surface area (Å²) in [5, 5.41) is 2.98. The second-order valence-corrected chi connectivity index (χ2v) is 6.93. The molecule has 1 heterocycles. The molecule has 4 aromatic rings. The average Bonchev–Trinajstić information content (AvgIpc) is 3.17. The number of aromatic nitrogens is 2. The zero-order valence-corrected chi connectivity index (χ0v) is 16.3. The van der Waals surface area contributed by atoms with Crippen LogP contribution in [-0.4, -0.2) is 22.6 Å². The Morgan fingerprint density at radius 3 is 2.59 bits per heavy atom. The van der Waals surface area contributed by atoms with Gasteiger partial charge in [-0.2, -0.15) is 0 Å². The quantitative estimate of drug-likeness (QED) is 0.521. The van der Waals surface area contributed by atoms with Crippen LogP contribution in [-0.2, 0) is 22.6 Å². The largest absolute Gasteiger partial charge is 0.367 e. The summed E-state index contributed by atoms with van der Waals surface area (Å²) in [7, 11) is 1.55. The van der Waals surface area contributed by atoms with E-state index in [2.05, 4.69) is 33.1 Å². The summed E-state index contributed by atoms with van der Waals surface area (Å²) in [6, 6.07) is 25.8. The third kappa shape index (κ3) is 4.36. The summed E-state index contributed by atoms with van der Waals surface area (Å²) >= 11 is 0. The molecular weight excluding hydrogens is 362 g/mol. The van der Waals surface area contributed by atoms with Gasteiger partial charge < -0.3 is 14.6 Å². The molecule has 0 aliphatic carbocycles. The van der Waals surface area contributed by atoms with Gasteiger partial charge in [0.05, 0.1) is 17.4 Å². The molecule has 1 N–H and O–H groups in total. The van der Waals surface area contributed by atoms with Crippen molar-refractivity contribution in [1.29, 1.82) is 0 Å². The number of imidazole rings is 1. The number of nitrogens with one attached hydrogen (secondary N) is 1. The minimum absolute atomic E-state index is 0.148. The van der Waals surface area contributed by atoms with E-state index in [4.69, 9.17) is 4.74 Å². The van der Waals surface area contributed by atoms with Crippen LogP contribution in [0.4, 0.5) is 0 Å². The molecule has 5 heteroatoms. The summed E-state index contributed by atoms with van der Waals surface area (Å²) in [5.74, 6) is -0.148. The van der Waals surface area contributed by atoms with E-state index in [1.807, 2.05) is 67.0 Å². The number of carbonyl (C=O) groups excluding carboxylic acids is 1. The Kier molecular flexibility index (Phi) is 5.68. The summed E-state index contributed by atoms with van der Waals surface area (Å²) < 4.78 is 7.53. The predicted molar refractivity (Wildman–Crippen MR) is 113 cm³/mol. The van der Waals surface area contributed by atoms with Crippen LogP contribution in [0.3, 0.4) is 0 Å². The van der Waals surface area contributed by atoms with Crippen LogP contribution in [0.1, 0.15) is 22.8 Å². The third-order valence-electron chi connectivity index (χ3n) is 4.91. The van der Waals surface area contributed by atoms with Gasteiger partial charge in [-0.25, -0.2) is 4.98 Å². The van der Waals surface area contributed by atoms with E-state index in [0.29, 0.717) is 6.54 Å². The van der Waals surface area contributed by atoms with Gasteiger partial charge in [-0.3, -0.25) is 4.79 Å². The van der Waals surface area contributed by atoms with Gasteiger partial charge in [-0.1, -0.05) is 66.7 Å². The van der Waals surface area contributed by atoms with Gasteiger partial charge in [0.1, 0.15) is 0 Å². The van der Waals surface area contributed by atoms with E-state index >= 15 is 0 Å². The van der Waals surface area contributed by atoms with Crippen LogP contribution < -0.4 is 5.32 Å². The number of benzene rings is 3. The maximum atomic E-state index is 12.6.